The first-order chi connectivity index (χ1) is 13.2. The zero-order chi connectivity index (χ0) is 20.5. The molecule has 11 heteroatoms. The Kier molecular flexibility index (Phi) is 5.49. The van der Waals surface area contributed by atoms with Crippen molar-refractivity contribution in [1.29, 1.82) is 0 Å². The van der Waals surface area contributed by atoms with E-state index >= 15 is 0 Å². The van der Waals surface area contributed by atoms with Crippen LogP contribution in [0.25, 0.3) is 6.08 Å². The molecule has 0 N–H and O–H groups in total. The Bertz CT molecular complexity index is 1130. The van der Waals surface area contributed by atoms with E-state index in [1.807, 2.05) is 0 Å². The van der Waals surface area contributed by atoms with E-state index in [2.05, 4.69) is 0 Å². The monoisotopic (exact) mass is 436 g/mol. The lowest BCUT2D eigenvalue weighted by molar-refractivity contribution is -0.387. The van der Waals surface area contributed by atoms with Crippen molar-refractivity contribution >= 4 is 56.1 Å². The van der Waals surface area contributed by atoms with Crippen LogP contribution in [0.2, 0.25) is 0 Å². The second kappa shape index (κ2) is 7.70. The summed E-state index contributed by atoms with van der Waals surface area (Å²) in [5.74, 6) is -0.381. The van der Waals surface area contributed by atoms with Crippen molar-refractivity contribution in [3.63, 3.8) is 0 Å². The SMILES string of the molecule is CN1C(=O)/C(=C\c2ccccc2OS(=O)(=O)c2ccccc2[N+](=O)[O-])SC1=S. The highest BCUT2D eigenvalue weighted by Crippen LogP contribution is 2.34. The van der Waals surface area contributed by atoms with Crippen LogP contribution < -0.4 is 4.18 Å². The molecule has 0 aliphatic carbocycles. The molecule has 0 bridgehead atoms. The minimum Gasteiger partial charge on any atom is -0.378 e. The van der Waals surface area contributed by atoms with Crippen molar-refractivity contribution in [2.24, 2.45) is 0 Å². The summed E-state index contributed by atoms with van der Waals surface area (Å²) in [5.41, 5.74) is -0.273. The Hall–Kier alpha value is -2.76. The van der Waals surface area contributed by atoms with Gasteiger partial charge in [0.2, 0.25) is 0 Å². The van der Waals surface area contributed by atoms with E-state index < -0.39 is 25.6 Å². The molecule has 144 valence electrons. The van der Waals surface area contributed by atoms with E-state index in [1.54, 1.807) is 25.2 Å². The molecule has 0 radical (unpaired) electrons. The van der Waals surface area contributed by atoms with Crippen LogP contribution in [0, 0.1) is 10.1 Å². The molecule has 1 aliphatic heterocycles. The number of hydrogen-bond donors (Lipinski definition) is 0. The molecular weight excluding hydrogens is 424 g/mol. The van der Waals surface area contributed by atoms with Gasteiger partial charge in [0.1, 0.15) is 10.1 Å². The number of amides is 1. The molecule has 2 aromatic carbocycles. The van der Waals surface area contributed by atoms with Crippen LogP contribution in [0.15, 0.2) is 58.3 Å². The molecule has 0 aromatic heterocycles. The van der Waals surface area contributed by atoms with E-state index in [0.29, 0.717) is 14.8 Å². The highest BCUT2D eigenvalue weighted by Gasteiger charge is 2.30. The van der Waals surface area contributed by atoms with Crippen LogP contribution in [0.5, 0.6) is 5.75 Å². The van der Waals surface area contributed by atoms with Crippen LogP contribution in [0.1, 0.15) is 5.56 Å². The number of nitrogens with zero attached hydrogens (tertiary/aromatic N) is 2. The van der Waals surface area contributed by atoms with Gasteiger partial charge in [0.15, 0.2) is 4.90 Å². The molecule has 1 aliphatic rings. The predicted octanol–water partition coefficient (Wildman–Crippen LogP) is 3.19. The Morgan fingerprint density at radius 3 is 2.46 bits per heavy atom. The number of likely N-dealkylation sites (N-methyl/N-ethyl adjacent to an activating group) is 1. The van der Waals surface area contributed by atoms with Crippen molar-refractivity contribution in [3.8, 4) is 5.75 Å². The first kappa shape index (κ1) is 20.0. The maximum Gasteiger partial charge on any atom is 0.346 e. The highest BCUT2D eigenvalue weighted by molar-refractivity contribution is 8.26. The smallest absolute Gasteiger partial charge is 0.346 e. The lowest BCUT2D eigenvalue weighted by Crippen LogP contribution is -2.22. The van der Waals surface area contributed by atoms with Gasteiger partial charge in [0.05, 0.1) is 9.83 Å². The van der Waals surface area contributed by atoms with Gasteiger partial charge in [-0.15, -0.1) is 0 Å². The van der Waals surface area contributed by atoms with E-state index in [9.17, 15) is 23.3 Å². The first-order valence-electron chi connectivity index (χ1n) is 7.69. The van der Waals surface area contributed by atoms with E-state index in [0.717, 1.165) is 23.9 Å². The second-order valence-corrected chi connectivity index (χ2v) is 8.73. The van der Waals surface area contributed by atoms with Crippen LogP contribution in [0.3, 0.4) is 0 Å². The normalized spacial score (nSPS) is 15.9. The van der Waals surface area contributed by atoms with Gasteiger partial charge in [-0.3, -0.25) is 19.8 Å². The molecule has 8 nitrogen and oxygen atoms in total. The Labute approximate surface area is 170 Å². The fourth-order valence-corrected chi connectivity index (χ4v) is 4.64. The molecule has 2 aromatic rings. The largest absolute Gasteiger partial charge is 0.378 e. The molecule has 0 saturated carbocycles. The van der Waals surface area contributed by atoms with Gasteiger partial charge in [0.25, 0.3) is 11.6 Å². The summed E-state index contributed by atoms with van der Waals surface area (Å²) in [7, 11) is -2.94. The zero-order valence-corrected chi connectivity index (χ0v) is 16.7. The molecule has 1 saturated heterocycles. The lowest BCUT2D eigenvalue weighted by atomic mass is 10.2. The van der Waals surface area contributed by atoms with Crippen LogP contribution >= 0.6 is 24.0 Å². The molecule has 1 fully saturated rings. The summed E-state index contributed by atoms with van der Waals surface area (Å²) in [4.78, 5) is 23.6. The summed E-state index contributed by atoms with van der Waals surface area (Å²) < 4.78 is 30.8. The summed E-state index contributed by atoms with van der Waals surface area (Å²) in [6.45, 7) is 0. The average molecular weight is 436 g/mol. The number of carbonyl (C=O) groups is 1. The number of benzene rings is 2. The average Bonchev–Trinajstić information content (AvgIpc) is 2.90. The van der Waals surface area contributed by atoms with E-state index in [-0.39, 0.29) is 11.7 Å². The standard InChI is InChI=1S/C17H12N2O6S3/c1-18-16(20)14(27-17(18)26)10-11-6-2-4-8-13(11)25-28(23,24)15-9-5-3-7-12(15)19(21)22/h2-10H,1H3/b14-10+. The molecule has 3 rings (SSSR count). The molecule has 0 unspecified atom stereocenters. The molecule has 1 heterocycles. The lowest BCUT2D eigenvalue weighted by Gasteiger charge is -2.10. The zero-order valence-electron chi connectivity index (χ0n) is 14.3. The number of rotatable bonds is 5. The van der Waals surface area contributed by atoms with Crippen LogP contribution in [-0.4, -0.2) is 35.5 Å². The van der Waals surface area contributed by atoms with Crippen molar-refractivity contribution in [2.45, 2.75) is 4.90 Å². The third-order valence-electron chi connectivity index (χ3n) is 3.72. The van der Waals surface area contributed by atoms with Crippen LogP contribution in [-0.2, 0) is 14.9 Å². The number of thiocarbonyl (C=S) groups is 1. The van der Waals surface area contributed by atoms with Gasteiger partial charge in [-0.2, -0.15) is 8.42 Å². The second-order valence-electron chi connectivity index (χ2n) is 5.54. The van der Waals surface area contributed by atoms with Gasteiger partial charge in [-0.1, -0.05) is 54.3 Å². The summed E-state index contributed by atoms with van der Waals surface area (Å²) in [6.07, 6.45) is 1.47. The third-order valence-corrected chi connectivity index (χ3v) is 6.49. The molecular formula is C17H12N2O6S3. The van der Waals surface area contributed by atoms with Crippen molar-refractivity contribution in [1.82, 2.24) is 4.90 Å². The Morgan fingerprint density at radius 2 is 1.82 bits per heavy atom. The number of nitro groups is 1. The van der Waals surface area contributed by atoms with Crippen LogP contribution in [0.4, 0.5) is 5.69 Å². The van der Waals surface area contributed by atoms with E-state index in [4.69, 9.17) is 16.4 Å². The van der Waals surface area contributed by atoms with Crippen molar-refractivity contribution in [2.75, 3.05) is 7.05 Å². The van der Waals surface area contributed by atoms with Gasteiger partial charge in [0, 0.05) is 18.7 Å². The summed E-state index contributed by atoms with van der Waals surface area (Å²) in [5, 5.41) is 11.1. The maximum absolute atomic E-state index is 12.6. The molecule has 1 amide bonds. The minimum absolute atomic E-state index is 0.0676. The number of para-hydroxylation sites is 2. The maximum atomic E-state index is 12.6. The van der Waals surface area contributed by atoms with Crippen molar-refractivity contribution in [3.05, 3.63) is 69.1 Å². The fraction of sp³-hybridized carbons (Fsp3) is 0.0588. The topological polar surface area (TPSA) is 107 Å². The number of hydrogen-bond acceptors (Lipinski definition) is 8. The third kappa shape index (κ3) is 3.91. The van der Waals surface area contributed by atoms with Gasteiger partial charge in [-0.05, 0) is 18.2 Å². The van der Waals surface area contributed by atoms with Crippen molar-refractivity contribution < 1.29 is 22.3 Å². The quantitative estimate of drug-likeness (QED) is 0.231. The fourth-order valence-electron chi connectivity index (χ4n) is 2.34. The minimum atomic E-state index is -4.48. The number of nitro benzene ring substituents is 1. The molecule has 0 atom stereocenters. The highest BCUT2D eigenvalue weighted by atomic mass is 32.2. The Morgan fingerprint density at radius 1 is 1.18 bits per heavy atom. The van der Waals surface area contributed by atoms with Gasteiger partial charge < -0.3 is 4.18 Å². The number of thioether (sulfide) groups is 1. The van der Waals surface area contributed by atoms with E-state index in [1.165, 1.54) is 29.2 Å². The Balaban J connectivity index is 2.00. The van der Waals surface area contributed by atoms with Gasteiger partial charge in [-0.25, -0.2) is 0 Å². The first-order valence-corrected chi connectivity index (χ1v) is 10.3. The van der Waals surface area contributed by atoms with Gasteiger partial charge >= 0.3 is 10.1 Å². The predicted molar refractivity (Wildman–Crippen MR) is 108 cm³/mol. The number of carbonyl (C=O) groups excluding carboxylic acids is 1. The molecule has 0 spiro atoms. The molecule has 28 heavy (non-hydrogen) atoms. The summed E-state index contributed by atoms with van der Waals surface area (Å²) in [6, 6.07) is 11.0. The summed E-state index contributed by atoms with van der Waals surface area (Å²) >= 11 is 6.15.